The Hall–Kier alpha value is -3.31. The molecule has 0 spiro atoms. The largest absolute Gasteiger partial charge is 0.493 e. The fraction of sp³-hybridized carbons (Fsp3) is 0.158. The van der Waals surface area contributed by atoms with Gasteiger partial charge in [0, 0.05) is 0 Å². The third-order valence-corrected chi connectivity index (χ3v) is 4.59. The summed E-state index contributed by atoms with van der Waals surface area (Å²) in [5.74, 6) is -0.636. The second kappa shape index (κ2) is 8.87. The van der Waals surface area contributed by atoms with Crippen molar-refractivity contribution in [3.8, 4) is 17.6 Å². The van der Waals surface area contributed by atoms with E-state index < -0.39 is 16.1 Å². The Morgan fingerprint density at radius 2 is 1.85 bits per heavy atom. The minimum absolute atomic E-state index is 0.00473. The molecule has 27 heavy (non-hydrogen) atoms. The molecule has 0 saturated carbocycles. The third kappa shape index (κ3) is 5.09. The summed E-state index contributed by atoms with van der Waals surface area (Å²) in [5, 5.41) is 9.09. The van der Waals surface area contributed by atoms with Crippen molar-refractivity contribution in [2.24, 2.45) is 0 Å². The molecule has 0 amide bonds. The highest BCUT2D eigenvalue weighted by Gasteiger charge is 2.19. The molecule has 0 aliphatic carbocycles. The summed E-state index contributed by atoms with van der Waals surface area (Å²) >= 11 is 0. The summed E-state index contributed by atoms with van der Waals surface area (Å²) in [7, 11) is -2.68. The average Bonchev–Trinajstić information content (AvgIpc) is 2.67. The molecule has 2 aromatic carbocycles. The molecule has 0 heterocycles. The van der Waals surface area contributed by atoms with Crippen LogP contribution in [0.3, 0.4) is 0 Å². The number of ether oxygens (including phenoxy) is 2. The van der Waals surface area contributed by atoms with Gasteiger partial charge in [-0.1, -0.05) is 24.3 Å². The van der Waals surface area contributed by atoms with E-state index in [1.807, 2.05) is 0 Å². The van der Waals surface area contributed by atoms with Gasteiger partial charge in [-0.2, -0.15) is 13.7 Å². The molecular weight excluding hydrogens is 370 g/mol. The lowest BCUT2D eigenvalue weighted by Crippen LogP contribution is -2.10. The predicted octanol–water partition coefficient (Wildman–Crippen LogP) is 2.93. The second-order valence-electron chi connectivity index (χ2n) is 5.15. The normalized spacial score (nSPS) is 11.4. The topological polar surface area (TPSA) is 103 Å². The first-order valence-corrected chi connectivity index (χ1v) is 9.28. The van der Waals surface area contributed by atoms with E-state index in [4.69, 9.17) is 18.9 Å². The smallest absolute Gasteiger partial charge is 0.348 e. The number of nitrogens with zero attached hydrogens (tertiary/aromatic N) is 1. The van der Waals surface area contributed by atoms with Crippen LogP contribution in [0.5, 0.6) is 11.5 Å². The van der Waals surface area contributed by atoms with Crippen LogP contribution in [0.25, 0.3) is 6.08 Å². The SMILES string of the molecule is CCOC(=O)C(C#N)=Cc1ccc(OS(=O)(=O)c2ccccc2)c(OC)c1. The Bertz CT molecular complexity index is 991. The molecule has 2 aromatic rings. The van der Waals surface area contributed by atoms with Gasteiger partial charge in [-0.3, -0.25) is 0 Å². The summed E-state index contributed by atoms with van der Waals surface area (Å²) in [6, 6.07) is 13.8. The van der Waals surface area contributed by atoms with Gasteiger partial charge in [0.15, 0.2) is 11.5 Å². The van der Waals surface area contributed by atoms with Crippen LogP contribution >= 0.6 is 0 Å². The Morgan fingerprint density at radius 3 is 2.44 bits per heavy atom. The van der Waals surface area contributed by atoms with Crippen molar-refractivity contribution in [2.45, 2.75) is 11.8 Å². The maximum Gasteiger partial charge on any atom is 0.348 e. The fourth-order valence-electron chi connectivity index (χ4n) is 2.11. The number of benzene rings is 2. The Morgan fingerprint density at radius 1 is 1.15 bits per heavy atom. The van der Waals surface area contributed by atoms with Gasteiger partial charge in [0.25, 0.3) is 0 Å². The molecule has 0 fully saturated rings. The van der Waals surface area contributed by atoms with Gasteiger partial charge in [0.2, 0.25) is 0 Å². The van der Waals surface area contributed by atoms with Crippen LogP contribution in [0, 0.1) is 11.3 Å². The van der Waals surface area contributed by atoms with E-state index in [9.17, 15) is 13.2 Å². The van der Waals surface area contributed by atoms with Crippen LogP contribution in [0.15, 0.2) is 59.0 Å². The number of carbonyl (C=O) groups is 1. The molecule has 0 aliphatic heterocycles. The van der Waals surface area contributed by atoms with E-state index in [-0.39, 0.29) is 28.6 Å². The summed E-state index contributed by atoms with van der Waals surface area (Å²) in [5.41, 5.74) is 0.255. The van der Waals surface area contributed by atoms with E-state index in [0.717, 1.165) is 0 Å². The predicted molar refractivity (Wildman–Crippen MR) is 97.5 cm³/mol. The Kier molecular flexibility index (Phi) is 6.57. The van der Waals surface area contributed by atoms with Gasteiger partial charge in [-0.25, -0.2) is 4.79 Å². The molecule has 7 nitrogen and oxygen atoms in total. The fourth-order valence-corrected chi connectivity index (χ4v) is 3.07. The monoisotopic (exact) mass is 387 g/mol. The van der Waals surface area contributed by atoms with Gasteiger partial charge >= 0.3 is 16.1 Å². The van der Waals surface area contributed by atoms with Gasteiger partial charge in [0.05, 0.1) is 13.7 Å². The molecular formula is C19H17NO6S. The lowest BCUT2D eigenvalue weighted by Gasteiger charge is -2.11. The lowest BCUT2D eigenvalue weighted by atomic mass is 10.1. The van der Waals surface area contributed by atoms with E-state index in [1.165, 1.54) is 43.5 Å². The summed E-state index contributed by atoms with van der Waals surface area (Å²) in [6.45, 7) is 1.78. The summed E-state index contributed by atoms with van der Waals surface area (Å²) < 4.78 is 39.8. The van der Waals surface area contributed by atoms with Crippen LogP contribution in [-0.4, -0.2) is 28.1 Å². The Labute approximate surface area is 157 Å². The summed E-state index contributed by atoms with van der Waals surface area (Å²) in [6.07, 6.45) is 1.32. The van der Waals surface area contributed by atoms with Crippen LogP contribution in [-0.2, 0) is 19.6 Å². The quantitative estimate of drug-likeness (QED) is 0.311. The first kappa shape index (κ1) is 20.0. The molecule has 0 bridgehead atoms. The molecule has 8 heteroatoms. The van der Waals surface area contributed by atoms with Crippen LogP contribution in [0.4, 0.5) is 0 Å². The van der Waals surface area contributed by atoms with E-state index in [0.29, 0.717) is 5.56 Å². The van der Waals surface area contributed by atoms with Gasteiger partial charge in [-0.15, -0.1) is 0 Å². The average molecular weight is 387 g/mol. The first-order chi connectivity index (χ1) is 12.9. The third-order valence-electron chi connectivity index (χ3n) is 3.35. The minimum Gasteiger partial charge on any atom is -0.493 e. The van der Waals surface area contributed by atoms with E-state index >= 15 is 0 Å². The van der Waals surface area contributed by atoms with Gasteiger partial charge in [-0.05, 0) is 42.8 Å². The first-order valence-electron chi connectivity index (χ1n) is 7.87. The standard InChI is InChI=1S/C19H17NO6S/c1-3-25-19(21)15(13-20)11-14-9-10-17(18(12-14)24-2)26-27(22,23)16-7-5-4-6-8-16/h4-12H,3H2,1-2H3. The van der Waals surface area contributed by atoms with Crippen molar-refractivity contribution in [1.29, 1.82) is 5.26 Å². The van der Waals surface area contributed by atoms with Crippen molar-refractivity contribution in [1.82, 2.24) is 0 Å². The van der Waals surface area contributed by atoms with Crippen molar-refractivity contribution in [3.63, 3.8) is 0 Å². The van der Waals surface area contributed by atoms with Crippen molar-refractivity contribution in [2.75, 3.05) is 13.7 Å². The van der Waals surface area contributed by atoms with Crippen LogP contribution in [0.2, 0.25) is 0 Å². The highest BCUT2D eigenvalue weighted by Crippen LogP contribution is 2.31. The molecule has 140 valence electrons. The zero-order valence-corrected chi connectivity index (χ0v) is 15.5. The summed E-state index contributed by atoms with van der Waals surface area (Å²) in [4.78, 5) is 11.7. The second-order valence-corrected chi connectivity index (χ2v) is 6.70. The zero-order chi connectivity index (χ0) is 19.9. The molecule has 0 aromatic heterocycles. The Balaban J connectivity index is 2.34. The molecule has 0 atom stereocenters. The van der Waals surface area contributed by atoms with Gasteiger partial charge in [0.1, 0.15) is 16.5 Å². The molecule has 0 radical (unpaired) electrons. The number of esters is 1. The van der Waals surface area contributed by atoms with Crippen molar-refractivity contribution < 1.29 is 26.9 Å². The number of hydrogen-bond acceptors (Lipinski definition) is 7. The molecule has 0 aliphatic rings. The lowest BCUT2D eigenvalue weighted by molar-refractivity contribution is -0.137. The number of hydrogen-bond donors (Lipinski definition) is 0. The number of nitriles is 1. The van der Waals surface area contributed by atoms with Crippen molar-refractivity contribution >= 4 is 22.2 Å². The highest BCUT2D eigenvalue weighted by molar-refractivity contribution is 7.87. The highest BCUT2D eigenvalue weighted by atomic mass is 32.2. The van der Waals surface area contributed by atoms with Crippen LogP contribution in [0.1, 0.15) is 12.5 Å². The number of methoxy groups -OCH3 is 1. The number of rotatable bonds is 7. The zero-order valence-electron chi connectivity index (χ0n) is 14.7. The van der Waals surface area contributed by atoms with Gasteiger partial charge < -0.3 is 13.7 Å². The minimum atomic E-state index is -4.03. The van der Waals surface area contributed by atoms with E-state index in [1.54, 1.807) is 31.2 Å². The molecule has 0 N–H and O–H groups in total. The molecule has 2 rings (SSSR count). The maximum absolute atomic E-state index is 12.3. The van der Waals surface area contributed by atoms with Crippen LogP contribution < -0.4 is 8.92 Å². The number of carbonyl (C=O) groups excluding carboxylic acids is 1. The maximum atomic E-state index is 12.3. The van der Waals surface area contributed by atoms with E-state index in [2.05, 4.69) is 0 Å². The van der Waals surface area contributed by atoms with Crippen molar-refractivity contribution in [3.05, 3.63) is 59.7 Å². The molecule has 0 saturated heterocycles. The molecule has 0 unspecified atom stereocenters.